The third-order valence-corrected chi connectivity index (χ3v) is 4.33. The Morgan fingerprint density at radius 3 is 2.29 bits per heavy atom. The molecule has 1 heterocycles. The Morgan fingerprint density at radius 2 is 1.67 bits per heavy atom. The molecule has 3 rings (SSSR count). The summed E-state index contributed by atoms with van der Waals surface area (Å²) in [5, 5.41) is 0. The summed E-state index contributed by atoms with van der Waals surface area (Å²) in [5.41, 5.74) is 9.57. The summed E-state index contributed by atoms with van der Waals surface area (Å²) >= 11 is 0. The van der Waals surface area contributed by atoms with Crippen LogP contribution in [0.25, 0.3) is 11.1 Å². The molecule has 1 amide bonds. The van der Waals surface area contributed by atoms with Gasteiger partial charge in [-0.2, -0.15) is 0 Å². The van der Waals surface area contributed by atoms with E-state index in [-0.39, 0.29) is 0 Å². The standard InChI is InChI=1S/C19H21NO4/c1-10-6-12-13-7-11(2)16(23-18(20)21)9-17(13)24-19(3,4)14(12)8-15(10)22-5/h6-9H,1-5H3,(H2,20,21). The van der Waals surface area contributed by atoms with Crippen LogP contribution in [0.2, 0.25) is 0 Å². The topological polar surface area (TPSA) is 70.8 Å². The van der Waals surface area contributed by atoms with Crippen LogP contribution in [0.15, 0.2) is 24.3 Å². The number of carbonyl (C=O) groups is 1. The van der Waals surface area contributed by atoms with Crippen molar-refractivity contribution in [1.29, 1.82) is 0 Å². The van der Waals surface area contributed by atoms with Crippen LogP contribution in [0.1, 0.15) is 30.5 Å². The number of hydrogen-bond donors (Lipinski definition) is 1. The third kappa shape index (κ3) is 2.56. The lowest BCUT2D eigenvalue weighted by atomic mass is 9.84. The van der Waals surface area contributed by atoms with Crippen LogP contribution in [0.5, 0.6) is 17.2 Å². The van der Waals surface area contributed by atoms with E-state index in [4.69, 9.17) is 19.9 Å². The van der Waals surface area contributed by atoms with Crippen molar-refractivity contribution in [3.05, 3.63) is 41.0 Å². The number of rotatable bonds is 2. The third-order valence-electron chi connectivity index (χ3n) is 4.33. The first-order valence-corrected chi connectivity index (χ1v) is 7.73. The molecule has 2 aromatic rings. The van der Waals surface area contributed by atoms with Crippen molar-refractivity contribution in [2.45, 2.75) is 33.3 Å². The molecule has 1 aliphatic heterocycles. The maximum atomic E-state index is 11.1. The Balaban J connectivity index is 2.24. The summed E-state index contributed by atoms with van der Waals surface area (Å²) in [6.45, 7) is 7.88. The first-order valence-electron chi connectivity index (χ1n) is 7.73. The van der Waals surface area contributed by atoms with Crippen LogP contribution in [-0.4, -0.2) is 13.2 Å². The molecule has 0 unspecified atom stereocenters. The van der Waals surface area contributed by atoms with Gasteiger partial charge in [0.2, 0.25) is 0 Å². The van der Waals surface area contributed by atoms with Crippen LogP contribution in [0.3, 0.4) is 0 Å². The van der Waals surface area contributed by atoms with Gasteiger partial charge in [-0.3, -0.25) is 0 Å². The molecule has 2 aromatic carbocycles. The Kier molecular flexibility index (Phi) is 3.67. The summed E-state index contributed by atoms with van der Waals surface area (Å²) in [5.74, 6) is 1.91. The molecule has 0 aliphatic carbocycles. The smallest absolute Gasteiger partial charge is 0.409 e. The second-order valence-electron chi connectivity index (χ2n) is 6.51. The number of amides is 1. The summed E-state index contributed by atoms with van der Waals surface area (Å²) in [4.78, 5) is 11.1. The number of carbonyl (C=O) groups excluding carboxylic acids is 1. The average Bonchev–Trinajstić information content (AvgIpc) is 2.48. The molecule has 0 atom stereocenters. The number of aryl methyl sites for hydroxylation is 2. The summed E-state index contributed by atoms with van der Waals surface area (Å²) < 4.78 is 16.7. The minimum atomic E-state index is -0.839. The maximum Gasteiger partial charge on any atom is 0.409 e. The maximum absolute atomic E-state index is 11.1. The Hall–Kier alpha value is -2.69. The summed E-state index contributed by atoms with van der Waals surface area (Å²) in [6.07, 6.45) is -0.839. The van der Waals surface area contributed by atoms with E-state index in [0.717, 1.165) is 33.6 Å². The van der Waals surface area contributed by atoms with Crippen LogP contribution in [0.4, 0.5) is 4.79 Å². The van der Waals surface area contributed by atoms with Crippen LogP contribution < -0.4 is 19.9 Å². The molecule has 0 bridgehead atoms. The number of benzene rings is 2. The zero-order chi connectivity index (χ0) is 17.6. The minimum Gasteiger partial charge on any atom is -0.496 e. The van der Waals surface area contributed by atoms with E-state index in [1.54, 1.807) is 13.2 Å². The van der Waals surface area contributed by atoms with Gasteiger partial charge in [0.05, 0.1) is 7.11 Å². The quantitative estimate of drug-likeness (QED) is 0.903. The van der Waals surface area contributed by atoms with E-state index >= 15 is 0 Å². The lowest BCUT2D eigenvalue weighted by Crippen LogP contribution is -2.29. The lowest BCUT2D eigenvalue weighted by Gasteiger charge is -2.36. The first kappa shape index (κ1) is 16.2. The number of hydrogen-bond acceptors (Lipinski definition) is 4. The van der Waals surface area contributed by atoms with Gasteiger partial charge in [0, 0.05) is 17.2 Å². The fourth-order valence-electron chi connectivity index (χ4n) is 3.14. The highest BCUT2D eigenvalue weighted by Crippen LogP contribution is 2.48. The summed E-state index contributed by atoms with van der Waals surface area (Å²) in [6, 6.07) is 7.80. The fraction of sp³-hybridized carbons (Fsp3) is 0.316. The van der Waals surface area contributed by atoms with Crippen molar-refractivity contribution in [3.63, 3.8) is 0 Å². The molecule has 0 saturated heterocycles. The van der Waals surface area contributed by atoms with Crippen molar-refractivity contribution >= 4 is 6.09 Å². The first-order chi connectivity index (χ1) is 11.2. The molecule has 0 spiro atoms. The van der Waals surface area contributed by atoms with Crippen molar-refractivity contribution in [2.75, 3.05) is 7.11 Å². The van der Waals surface area contributed by atoms with Gasteiger partial charge in [-0.1, -0.05) is 0 Å². The van der Waals surface area contributed by atoms with Crippen molar-refractivity contribution in [2.24, 2.45) is 5.73 Å². The van der Waals surface area contributed by atoms with Crippen molar-refractivity contribution < 1.29 is 19.0 Å². The molecule has 0 radical (unpaired) electrons. The van der Waals surface area contributed by atoms with Gasteiger partial charge in [-0.25, -0.2) is 4.79 Å². The number of methoxy groups -OCH3 is 1. The normalized spacial score (nSPS) is 14.2. The van der Waals surface area contributed by atoms with Crippen LogP contribution >= 0.6 is 0 Å². The Labute approximate surface area is 141 Å². The summed E-state index contributed by atoms with van der Waals surface area (Å²) in [7, 11) is 1.66. The zero-order valence-corrected chi connectivity index (χ0v) is 14.5. The highest BCUT2D eigenvalue weighted by molar-refractivity contribution is 5.80. The number of fused-ring (bicyclic) bond motifs is 3. The Morgan fingerprint density at radius 1 is 1.04 bits per heavy atom. The Bertz CT molecular complexity index is 840. The van der Waals surface area contributed by atoms with E-state index in [9.17, 15) is 4.79 Å². The highest BCUT2D eigenvalue weighted by Gasteiger charge is 2.34. The molecule has 0 aromatic heterocycles. The highest BCUT2D eigenvalue weighted by atomic mass is 16.5. The van der Waals surface area contributed by atoms with Crippen molar-refractivity contribution in [3.8, 4) is 28.4 Å². The molecule has 5 heteroatoms. The lowest BCUT2D eigenvalue weighted by molar-refractivity contribution is 0.105. The zero-order valence-electron chi connectivity index (χ0n) is 14.5. The van der Waals surface area contributed by atoms with Crippen LogP contribution in [0, 0.1) is 13.8 Å². The molecular weight excluding hydrogens is 306 g/mol. The van der Waals surface area contributed by atoms with Gasteiger partial charge in [-0.05, 0) is 62.6 Å². The van der Waals surface area contributed by atoms with Gasteiger partial charge < -0.3 is 19.9 Å². The molecule has 5 nitrogen and oxygen atoms in total. The van der Waals surface area contributed by atoms with Gasteiger partial charge >= 0.3 is 6.09 Å². The predicted molar refractivity (Wildman–Crippen MR) is 91.8 cm³/mol. The monoisotopic (exact) mass is 327 g/mol. The largest absolute Gasteiger partial charge is 0.496 e. The molecule has 0 fully saturated rings. The van der Waals surface area contributed by atoms with E-state index in [2.05, 4.69) is 6.07 Å². The van der Waals surface area contributed by atoms with Gasteiger partial charge in [-0.15, -0.1) is 0 Å². The second kappa shape index (κ2) is 5.44. The number of primary amides is 1. The van der Waals surface area contributed by atoms with Gasteiger partial charge in [0.1, 0.15) is 22.8 Å². The SMILES string of the molecule is COc1cc2c(cc1C)-c1cc(C)c(OC(N)=O)cc1OC2(C)C. The molecular formula is C19H21NO4. The van der Waals surface area contributed by atoms with E-state index < -0.39 is 11.7 Å². The van der Waals surface area contributed by atoms with E-state index in [1.807, 2.05) is 39.8 Å². The van der Waals surface area contributed by atoms with E-state index in [1.165, 1.54) is 0 Å². The number of ether oxygens (including phenoxy) is 3. The van der Waals surface area contributed by atoms with Crippen molar-refractivity contribution in [1.82, 2.24) is 0 Å². The second-order valence-corrected chi connectivity index (χ2v) is 6.51. The predicted octanol–water partition coefficient (Wildman–Crippen LogP) is 4.06. The van der Waals surface area contributed by atoms with Gasteiger partial charge in [0.25, 0.3) is 0 Å². The minimum absolute atomic E-state index is 0.408. The average molecular weight is 327 g/mol. The van der Waals surface area contributed by atoms with Crippen LogP contribution in [-0.2, 0) is 5.60 Å². The molecule has 2 N–H and O–H groups in total. The molecule has 0 saturated carbocycles. The molecule has 24 heavy (non-hydrogen) atoms. The molecule has 1 aliphatic rings. The van der Waals surface area contributed by atoms with Gasteiger partial charge in [0.15, 0.2) is 0 Å². The molecule has 126 valence electrons. The van der Waals surface area contributed by atoms with E-state index in [0.29, 0.717) is 11.5 Å². The fourth-order valence-corrected chi connectivity index (χ4v) is 3.14. The number of nitrogens with two attached hydrogens (primary N) is 1.